The van der Waals surface area contributed by atoms with Gasteiger partial charge in [0, 0.05) is 17.8 Å². The molecule has 4 rings (SSSR count). The van der Waals surface area contributed by atoms with Gasteiger partial charge in [-0.1, -0.05) is 26.8 Å². The first kappa shape index (κ1) is 13.6. The third-order valence-corrected chi connectivity index (χ3v) is 4.93. The maximum atomic E-state index is 12.9. The zero-order valence-electron chi connectivity index (χ0n) is 13.3. The van der Waals surface area contributed by atoms with Crippen LogP contribution in [0.3, 0.4) is 0 Å². The Morgan fingerprint density at radius 2 is 2.14 bits per heavy atom. The molecule has 3 heterocycles. The average molecular weight is 295 g/mol. The van der Waals surface area contributed by atoms with Crippen molar-refractivity contribution in [3.05, 3.63) is 46.0 Å². The number of H-pyrrole nitrogens is 1. The minimum Gasteiger partial charge on any atom is -0.342 e. The molecule has 1 aliphatic carbocycles. The summed E-state index contributed by atoms with van der Waals surface area (Å²) in [5, 5.41) is 0.785. The molecule has 0 aliphatic heterocycles. The van der Waals surface area contributed by atoms with Crippen molar-refractivity contribution in [2.45, 2.75) is 46.0 Å². The molecule has 3 aromatic rings. The van der Waals surface area contributed by atoms with Gasteiger partial charge in [-0.2, -0.15) is 0 Å². The smallest absolute Gasteiger partial charge is 0.267 e. The summed E-state index contributed by atoms with van der Waals surface area (Å²) in [6, 6.07) is 5.66. The largest absolute Gasteiger partial charge is 0.342 e. The van der Waals surface area contributed by atoms with Gasteiger partial charge in [0.05, 0.1) is 5.39 Å². The van der Waals surface area contributed by atoms with Gasteiger partial charge in [0.15, 0.2) is 0 Å². The van der Waals surface area contributed by atoms with E-state index in [0.717, 1.165) is 23.9 Å². The fourth-order valence-electron chi connectivity index (χ4n) is 3.84. The van der Waals surface area contributed by atoms with Crippen molar-refractivity contribution >= 4 is 16.7 Å². The summed E-state index contributed by atoms with van der Waals surface area (Å²) in [4.78, 5) is 21.0. The Kier molecular flexibility index (Phi) is 2.74. The quantitative estimate of drug-likeness (QED) is 0.688. The number of rotatable bonds is 0. The molecule has 1 aliphatic rings. The molecule has 0 amide bonds. The zero-order chi connectivity index (χ0) is 15.5. The van der Waals surface area contributed by atoms with Gasteiger partial charge in [0.25, 0.3) is 5.56 Å². The summed E-state index contributed by atoms with van der Waals surface area (Å²) in [5.74, 6) is 0.456. The van der Waals surface area contributed by atoms with Crippen LogP contribution in [0.1, 0.15) is 50.8 Å². The SMILES string of the molecule is CC(C)(C)C1CCCc2c1[nH]c1nc3ccccn3c(=O)c21. The average Bonchev–Trinajstić information content (AvgIpc) is 2.84. The summed E-state index contributed by atoms with van der Waals surface area (Å²) in [6.07, 6.45) is 5.08. The molecule has 114 valence electrons. The van der Waals surface area contributed by atoms with E-state index < -0.39 is 0 Å². The Morgan fingerprint density at radius 1 is 1.32 bits per heavy atom. The lowest BCUT2D eigenvalue weighted by atomic mass is 9.72. The molecule has 0 saturated carbocycles. The van der Waals surface area contributed by atoms with Crippen molar-refractivity contribution in [2.24, 2.45) is 5.41 Å². The molecule has 0 radical (unpaired) electrons. The Hall–Kier alpha value is -2.10. The first-order valence-corrected chi connectivity index (χ1v) is 7.98. The van der Waals surface area contributed by atoms with Crippen LogP contribution in [0.2, 0.25) is 0 Å². The number of hydrogen-bond donors (Lipinski definition) is 1. The number of aryl methyl sites for hydroxylation is 1. The molecule has 0 fully saturated rings. The third kappa shape index (κ3) is 1.83. The summed E-state index contributed by atoms with van der Waals surface area (Å²) in [7, 11) is 0. The summed E-state index contributed by atoms with van der Waals surface area (Å²) < 4.78 is 1.65. The Balaban J connectivity index is 2.09. The van der Waals surface area contributed by atoms with E-state index in [-0.39, 0.29) is 11.0 Å². The molecule has 3 aromatic heterocycles. The van der Waals surface area contributed by atoms with Crippen molar-refractivity contribution in [3.8, 4) is 0 Å². The van der Waals surface area contributed by atoms with E-state index in [1.54, 1.807) is 10.6 Å². The molecule has 0 saturated heterocycles. The van der Waals surface area contributed by atoms with E-state index in [0.29, 0.717) is 11.6 Å². The number of nitrogens with zero attached hydrogens (tertiary/aromatic N) is 2. The van der Waals surface area contributed by atoms with Crippen molar-refractivity contribution in [2.75, 3.05) is 0 Å². The van der Waals surface area contributed by atoms with Gasteiger partial charge >= 0.3 is 0 Å². The molecule has 0 spiro atoms. The molecule has 1 unspecified atom stereocenters. The number of aromatic nitrogens is 3. The van der Waals surface area contributed by atoms with Crippen LogP contribution in [-0.2, 0) is 6.42 Å². The fraction of sp³-hybridized carbons (Fsp3) is 0.444. The molecule has 1 N–H and O–H groups in total. The minimum absolute atomic E-state index is 0.0488. The number of aromatic amines is 1. The number of fused-ring (bicyclic) bond motifs is 4. The predicted molar refractivity (Wildman–Crippen MR) is 88.5 cm³/mol. The highest BCUT2D eigenvalue weighted by atomic mass is 16.1. The molecular formula is C18H21N3O. The maximum Gasteiger partial charge on any atom is 0.267 e. The number of nitrogens with one attached hydrogen (secondary N) is 1. The van der Waals surface area contributed by atoms with E-state index in [4.69, 9.17) is 0 Å². The minimum atomic E-state index is 0.0488. The molecule has 4 heteroatoms. The molecule has 22 heavy (non-hydrogen) atoms. The van der Waals surface area contributed by atoms with E-state index >= 15 is 0 Å². The van der Waals surface area contributed by atoms with Gasteiger partial charge in [-0.3, -0.25) is 9.20 Å². The van der Waals surface area contributed by atoms with Crippen molar-refractivity contribution < 1.29 is 0 Å². The Labute approximate surface area is 129 Å². The van der Waals surface area contributed by atoms with Crippen molar-refractivity contribution in [1.29, 1.82) is 0 Å². The van der Waals surface area contributed by atoms with E-state index in [2.05, 4.69) is 30.7 Å². The summed E-state index contributed by atoms with van der Waals surface area (Å²) in [6.45, 7) is 6.82. The lowest BCUT2D eigenvalue weighted by Gasteiger charge is -2.33. The maximum absolute atomic E-state index is 12.9. The van der Waals surface area contributed by atoms with Crippen LogP contribution in [0.4, 0.5) is 0 Å². The predicted octanol–water partition coefficient (Wildman–Crippen LogP) is 3.64. The Bertz CT molecular complexity index is 927. The van der Waals surface area contributed by atoms with Crippen LogP contribution in [0.25, 0.3) is 16.7 Å². The lowest BCUT2D eigenvalue weighted by molar-refractivity contribution is 0.285. The summed E-state index contributed by atoms with van der Waals surface area (Å²) >= 11 is 0. The van der Waals surface area contributed by atoms with Crippen LogP contribution in [0, 0.1) is 5.41 Å². The molecule has 0 aromatic carbocycles. The van der Waals surface area contributed by atoms with Crippen molar-refractivity contribution in [1.82, 2.24) is 14.4 Å². The second-order valence-electron chi connectivity index (χ2n) is 7.40. The fourth-order valence-corrected chi connectivity index (χ4v) is 3.84. The molecule has 1 atom stereocenters. The highest BCUT2D eigenvalue weighted by Gasteiger charge is 2.33. The van der Waals surface area contributed by atoms with Crippen LogP contribution >= 0.6 is 0 Å². The lowest BCUT2D eigenvalue weighted by Crippen LogP contribution is -2.23. The molecule has 0 bridgehead atoms. The van der Waals surface area contributed by atoms with E-state index in [1.165, 1.54) is 17.7 Å². The first-order chi connectivity index (χ1) is 10.5. The van der Waals surface area contributed by atoms with Gasteiger partial charge in [-0.15, -0.1) is 0 Å². The van der Waals surface area contributed by atoms with E-state index in [9.17, 15) is 4.79 Å². The molecule has 4 nitrogen and oxygen atoms in total. The zero-order valence-corrected chi connectivity index (χ0v) is 13.3. The van der Waals surface area contributed by atoms with Gasteiger partial charge < -0.3 is 4.98 Å². The van der Waals surface area contributed by atoms with Gasteiger partial charge in [0.2, 0.25) is 0 Å². The number of pyridine rings is 1. The highest BCUT2D eigenvalue weighted by Crippen LogP contribution is 2.44. The number of hydrogen-bond acceptors (Lipinski definition) is 2. The Morgan fingerprint density at radius 3 is 2.91 bits per heavy atom. The first-order valence-electron chi connectivity index (χ1n) is 7.98. The standard InChI is InChI=1S/C18H21N3O/c1-18(2,3)12-8-6-7-11-14-16(20-15(11)12)19-13-9-4-5-10-21(13)17(14)22/h4-5,9-10,12,20H,6-8H2,1-3H3. The van der Waals surface area contributed by atoms with Gasteiger partial charge in [-0.25, -0.2) is 4.98 Å². The second kappa shape index (κ2) is 4.45. The van der Waals surface area contributed by atoms with Crippen LogP contribution in [0.5, 0.6) is 0 Å². The van der Waals surface area contributed by atoms with Crippen LogP contribution < -0.4 is 5.56 Å². The monoisotopic (exact) mass is 295 g/mol. The molecular weight excluding hydrogens is 274 g/mol. The topological polar surface area (TPSA) is 50.2 Å². The summed E-state index contributed by atoms with van der Waals surface area (Å²) in [5.41, 5.74) is 4.10. The van der Waals surface area contributed by atoms with Gasteiger partial charge in [0.1, 0.15) is 11.3 Å². The third-order valence-electron chi connectivity index (χ3n) is 4.93. The van der Waals surface area contributed by atoms with Crippen molar-refractivity contribution in [3.63, 3.8) is 0 Å². The van der Waals surface area contributed by atoms with Crippen LogP contribution in [-0.4, -0.2) is 14.4 Å². The van der Waals surface area contributed by atoms with E-state index in [1.807, 2.05) is 18.2 Å². The van der Waals surface area contributed by atoms with Gasteiger partial charge in [-0.05, 0) is 42.4 Å². The van der Waals surface area contributed by atoms with Crippen LogP contribution in [0.15, 0.2) is 29.2 Å². The normalized spacial score (nSPS) is 18.8. The second-order valence-corrected chi connectivity index (χ2v) is 7.40. The highest BCUT2D eigenvalue weighted by molar-refractivity contribution is 5.82.